The minimum atomic E-state index is -0.823. The number of carbonyl (C=O) groups excluding carboxylic acids is 3. The van der Waals surface area contributed by atoms with Gasteiger partial charge in [0.2, 0.25) is 0 Å². The number of ether oxygens (including phenoxy) is 2. The van der Waals surface area contributed by atoms with Crippen molar-refractivity contribution in [2.45, 2.75) is 0 Å². The molecule has 8 nitrogen and oxygen atoms in total. The summed E-state index contributed by atoms with van der Waals surface area (Å²) in [5.74, 6) is -2.05. The maximum atomic E-state index is 11.9. The second-order valence-electron chi connectivity index (χ2n) is 5.16. The van der Waals surface area contributed by atoms with E-state index in [1.165, 1.54) is 30.3 Å². The third-order valence-electron chi connectivity index (χ3n) is 3.24. The number of carbonyl (C=O) groups is 3. The second-order valence-corrected chi connectivity index (χ2v) is 5.60. The van der Waals surface area contributed by atoms with Gasteiger partial charge in [0, 0.05) is 5.02 Å². The van der Waals surface area contributed by atoms with Gasteiger partial charge < -0.3 is 20.5 Å². The number of primary amides is 1. The Kier molecular flexibility index (Phi) is 6.74. The molecule has 0 aliphatic rings. The van der Waals surface area contributed by atoms with Crippen molar-refractivity contribution >= 4 is 35.1 Å². The fourth-order valence-electron chi connectivity index (χ4n) is 2.02. The molecular formula is C18H14ClN3O5. The number of amides is 2. The number of anilines is 1. The molecule has 0 aliphatic heterocycles. The number of rotatable bonds is 7. The monoisotopic (exact) mass is 387 g/mol. The molecule has 2 aromatic rings. The molecule has 0 atom stereocenters. The van der Waals surface area contributed by atoms with Crippen molar-refractivity contribution in [1.82, 2.24) is 0 Å². The van der Waals surface area contributed by atoms with E-state index in [0.29, 0.717) is 5.02 Å². The lowest BCUT2D eigenvalue weighted by atomic mass is 10.2. The van der Waals surface area contributed by atoms with Crippen LogP contribution in [-0.4, -0.2) is 31.0 Å². The molecule has 0 heterocycles. The largest absolute Gasteiger partial charge is 0.481 e. The van der Waals surface area contributed by atoms with E-state index in [1.807, 2.05) is 6.07 Å². The van der Waals surface area contributed by atoms with Crippen LogP contribution >= 0.6 is 11.6 Å². The molecule has 9 heteroatoms. The first-order valence-electron chi connectivity index (χ1n) is 7.57. The van der Waals surface area contributed by atoms with Gasteiger partial charge in [0.15, 0.2) is 13.2 Å². The lowest BCUT2D eigenvalue weighted by molar-refractivity contribution is -0.149. The summed E-state index contributed by atoms with van der Waals surface area (Å²) in [6.45, 7) is -1.10. The molecule has 0 radical (unpaired) electrons. The molecule has 27 heavy (non-hydrogen) atoms. The van der Waals surface area contributed by atoms with Crippen LogP contribution in [0.3, 0.4) is 0 Å². The van der Waals surface area contributed by atoms with Gasteiger partial charge in [0.05, 0.1) is 16.8 Å². The normalized spacial score (nSPS) is 9.78. The van der Waals surface area contributed by atoms with E-state index in [2.05, 4.69) is 5.32 Å². The Morgan fingerprint density at radius 1 is 1.15 bits per heavy atom. The minimum absolute atomic E-state index is 0.119. The number of nitrogens with zero attached hydrogens (tertiary/aromatic N) is 1. The molecule has 0 aliphatic carbocycles. The van der Waals surface area contributed by atoms with Crippen LogP contribution in [-0.2, 0) is 14.3 Å². The Hall–Kier alpha value is -3.57. The van der Waals surface area contributed by atoms with Crippen LogP contribution in [0.2, 0.25) is 5.02 Å². The summed E-state index contributed by atoms with van der Waals surface area (Å²) >= 11 is 5.82. The van der Waals surface area contributed by atoms with E-state index in [4.69, 9.17) is 32.1 Å². The van der Waals surface area contributed by atoms with Crippen molar-refractivity contribution in [3.63, 3.8) is 0 Å². The predicted molar refractivity (Wildman–Crippen MR) is 96.2 cm³/mol. The summed E-state index contributed by atoms with van der Waals surface area (Å²) in [4.78, 5) is 34.9. The SMILES string of the molecule is N#Cc1ccc(Cl)cc1NC(=O)COC(=O)COc1ccccc1C(N)=O. The molecule has 0 bridgehead atoms. The molecule has 138 valence electrons. The maximum absolute atomic E-state index is 11.9. The Morgan fingerprint density at radius 2 is 1.89 bits per heavy atom. The summed E-state index contributed by atoms with van der Waals surface area (Å²) in [7, 11) is 0. The zero-order valence-corrected chi connectivity index (χ0v) is 14.7. The first-order chi connectivity index (χ1) is 12.9. The number of halogens is 1. The molecule has 0 fully saturated rings. The molecule has 3 N–H and O–H groups in total. The van der Waals surface area contributed by atoms with Crippen molar-refractivity contribution in [2.24, 2.45) is 5.73 Å². The van der Waals surface area contributed by atoms with Gasteiger partial charge in [-0.15, -0.1) is 0 Å². The minimum Gasteiger partial charge on any atom is -0.481 e. The van der Waals surface area contributed by atoms with Gasteiger partial charge in [-0.3, -0.25) is 9.59 Å². The van der Waals surface area contributed by atoms with Crippen molar-refractivity contribution < 1.29 is 23.9 Å². The number of esters is 1. The standard InChI is InChI=1S/C18H14ClN3O5/c19-12-6-5-11(8-20)14(7-12)22-16(23)9-27-17(24)10-26-15-4-2-1-3-13(15)18(21)25/h1-7H,9-10H2,(H2,21,25)(H,22,23). The molecule has 0 aromatic heterocycles. The summed E-state index contributed by atoms with van der Waals surface area (Å²) in [5, 5.41) is 11.8. The number of para-hydroxylation sites is 1. The fraction of sp³-hybridized carbons (Fsp3) is 0.111. The van der Waals surface area contributed by atoms with Crippen LogP contribution in [0, 0.1) is 11.3 Å². The lowest BCUT2D eigenvalue weighted by Crippen LogP contribution is -2.24. The molecule has 2 amide bonds. The number of nitrogens with one attached hydrogen (secondary N) is 1. The molecule has 0 unspecified atom stereocenters. The summed E-state index contributed by atoms with van der Waals surface area (Å²) < 4.78 is 9.99. The van der Waals surface area contributed by atoms with Crippen molar-refractivity contribution in [3.05, 3.63) is 58.6 Å². The Morgan fingerprint density at radius 3 is 2.59 bits per heavy atom. The Balaban J connectivity index is 1.86. The highest BCUT2D eigenvalue weighted by Gasteiger charge is 2.13. The quantitative estimate of drug-likeness (QED) is 0.697. The average Bonchev–Trinajstić information content (AvgIpc) is 2.65. The number of nitriles is 1. The molecule has 0 spiro atoms. The van der Waals surface area contributed by atoms with E-state index in [-0.39, 0.29) is 22.6 Å². The third kappa shape index (κ3) is 5.73. The van der Waals surface area contributed by atoms with Gasteiger partial charge in [0.25, 0.3) is 11.8 Å². The second kappa shape index (κ2) is 9.22. The smallest absolute Gasteiger partial charge is 0.344 e. The number of hydrogen-bond donors (Lipinski definition) is 2. The topological polar surface area (TPSA) is 132 Å². The van der Waals surface area contributed by atoms with Gasteiger partial charge >= 0.3 is 5.97 Å². The van der Waals surface area contributed by atoms with E-state index in [0.717, 1.165) is 0 Å². The third-order valence-corrected chi connectivity index (χ3v) is 3.47. The van der Waals surface area contributed by atoms with Crippen LogP contribution in [0.25, 0.3) is 0 Å². The predicted octanol–water partition coefficient (Wildman–Crippen LogP) is 1.87. The highest BCUT2D eigenvalue weighted by atomic mass is 35.5. The average molecular weight is 388 g/mol. The number of nitrogens with two attached hydrogens (primary N) is 1. The van der Waals surface area contributed by atoms with Crippen molar-refractivity contribution in [1.29, 1.82) is 5.26 Å². The van der Waals surface area contributed by atoms with Crippen molar-refractivity contribution in [2.75, 3.05) is 18.5 Å². The highest BCUT2D eigenvalue weighted by molar-refractivity contribution is 6.31. The van der Waals surface area contributed by atoms with Gasteiger partial charge in [-0.05, 0) is 30.3 Å². The molecule has 2 rings (SSSR count). The molecular weight excluding hydrogens is 374 g/mol. The summed E-state index contributed by atoms with van der Waals surface area (Å²) in [6, 6.07) is 12.4. The van der Waals surface area contributed by atoms with E-state index in [1.54, 1.807) is 12.1 Å². The van der Waals surface area contributed by atoms with Crippen LogP contribution in [0.1, 0.15) is 15.9 Å². The first-order valence-corrected chi connectivity index (χ1v) is 7.95. The maximum Gasteiger partial charge on any atom is 0.344 e. The highest BCUT2D eigenvalue weighted by Crippen LogP contribution is 2.20. The molecule has 2 aromatic carbocycles. The summed E-state index contributed by atoms with van der Waals surface area (Å²) in [5.41, 5.74) is 5.74. The summed E-state index contributed by atoms with van der Waals surface area (Å²) in [6.07, 6.45) is 0. The van der Waals surface area contributed by atoms with E-state index < -0.39 is 31.0 Å². The number of benzene rings is 2. The Labute approximate surface area is 159 Å². The van der Waals surface area contributed by atoms with E-state index >= 15 is 0 Å². The fourth-order valence-corrected chi connectivity index (χ4v) is 2.20. The van der Waals surface area contributed by atoms with Crippen molar-refractivity contribution in [3.8, 4) is 11.8 Å². The van der Waals surface area contributed by atoms with E-state index in [9.17, 15) is 14.4 Å². The number of hydrogen-bond acceptors (Lipinski definition) is 6. The Bertz CT molecular complexity index is 923. The van der Waals surface area contributed by atoms with Gasteiger partial charge in [-0.25, -0.2) is 4.79 Å². The van der Waals surface area contributed by atoms with Crippen LogP contribution < -0.4 is 15.8 Å². The van der Waals surface area contributed by atoms with Crippen LogP contribution in [0.15, 0.2) is 42.5 Å². The van der Waals surface area contributed by atoms with Crippen LogP contribution in [0.4, 0.5) is 5.69 Å². The lowest BCUT2D eigenvalue weighted by Gasteiger charge is -2.10. The van der Waals surface area contributed by atoms with Gasteiger partial charge in [-0.2, -0.15) is 5.26 Å². The van der Waals surface area contributed by atoms with Crippen LogP contribution in [0.5, 0.6) is 5.75 Å². The van der Waals surface area contributed by atoms with Gasteiger partial charge in [-0.1, -0.05) is 23.7 Å². The first kappa shape index (κ1) is 19.8. The zero-order valence-electron chi connectivity index (χ0n) is 13.9. The van der Waals surface area contributed by atoms with Gasteiger partial charge in [0.1, 0.15) is 11.8 Å². The zero-order chi connectivity index (χ0) is 19.8. The molecule has 0 saturated heterocycles. The molecule has 0 saturated carbocycles.